The molecule has 1 aromatic carbocycles. The third-order valence-corrected chi connectivity index (χ3v) is 6.09. The number of nitrogens with one attached hydrogen (secondary N) is 1. The first kappa shape index (κ1) is 22.4. The van der Waals surface area contributed by atoms with E-state index in [4.69, 9.17) is 16.3 Å². The topological polar surface area (TPSA) is 79.0 Å². The summed E-state index contributed by atoms with van der Waals surface area (Å²) in [6, 6.07) is 5.10. The van der Waals surface area contributed by atoms with Crippen molar-refractivity contribution in [3.63, 3.8) is 0 Å². The lowest BCUT2D eigenvalue weighted by molar-refractivity contribution is -0.134. The lowest BCUT2D eigenvalue weighted by Crippen LogP contribution is -2.41. The molecule has 2 saturated heterocycles. The van der Waals surface area contributed by atoms with E-state index < -0.39 is 0 Å². The van der Waals surface area contributed by atoms with E-state index in [-0.39, 0.29) is 17.7 Å². The summed E-state index contributed by atoms with van der Waals surface area (Å²) in [5, 5.41) is 3.40. The van der Waals surface area contributed by atoms with Crippen LogP contribution < -0.4 is 10.1 Å². The van der Waals surface area contributed by atoms with Crippen molar-refractivity contribution >= 4 is 35.0 Å². The van der Waals surface area contributed by atoms with Crippen molar-refractivity contribution < 1.29 is 19.1 Å². The Kier molecular flexibility index (Phi) is 7.96. The molecule has 2 aliphatic heterocycles. The van der Waals surface area contributed by atoms with Gasteiger partial charge in [0.2, 0.25) is 17.7 Å². The maximum atomic E-state index is 12.6. The molecule has 3 rings (SSSR count). The number of carbonyl (C=O) groups is 3. The normalized spacial score (nSPS) is 19.1. The largest absolute Gasteiger partial charge is 0.495 e. The molecule has 0 aliphatic carbocycles. The van der Waals surface area contributed by atoms with Gasteiger partial charge in [0.1, 0.15) is 5.75 Å². The number of methoxy groups -OCH3 is 1. The Morgan fingerprint density at radius 3 is 2.80 bits per heavy atom. The summed E-state index contributed by atoms with van der Waals surface area (Å²) < 4.78 is 5.26. The van der Waals surface area contributed by atoms with Crippen LogP contribution in [0.2, 0.25) is 5.02 Å². The molecule has 2 heterocycles. The standard InChI is InChI=1S/C22H30ClN3O4/c1-30-19-8-7-17(23)14-18(19)24-20(27)9-6-16-4-2-12-26(15-16)22(29)10-13-25-11-3-5-21(25)28/h7-8,14,16H,2-6,9-13,15H2,1H3,(H,24,27). The highest BCUT2D eigenvalue weighted by molar-refractivity contribution is 6.31. The monoisotopic (exact) mass is 435 g/mol. The highest BCUT2D eigenvalue weighted by Crippen LogP contribution is 2.28. The minimum absolute atomic E-state index is 0.0911. The second-order valence-corrected chi connectivity index (χ2v) is 8.45. The Labute approximate surface area is 182 Å². The molecule has 0 radical (unpaired) electrons. The van der Waals surface area contributed by atoms with Crippen molar-refractivity contribution in [2.75, 3.05) is 38.6 Å². The van der Waals surface area contributed by atoms with Crippen LogP contribution in [-0.4, -0.2) is 60.8 Å². The van der Waals surface area contributed by atoms with Crippen LogP contribution in [0.1, 0.15) is 44.9 Å². The molecule has 30 heavy (non-hydrogen) atoms. The Bertz CT molecular complexity index is 786. The van der Waals surface area contributed by atoms with Crippen molar-refractivity contribution in [1.29, 1.82) is 0 Å². The van der Waals surface area contributed by atoms with Crippen molar-refractivity contribution in [3.05, 3.63) is 23.2 Å². The van der Waals surface area contributed by atoms with Gasteiger partial charge in [0.25, 0.3) is 0 Å². The number of amides is 3. The predicted octanol–water partition coefficient (Wildman–Crippen LogP) is 3.32. The van der Waals surface area contributed by atoms with E-state index in [1.54, 1.807) is 30.2 Å². The van der Waals surface area contributed by atoms with Gasteiger partial charge >= 0.3 is 0 Å². The van der Waals surface area contributed by atoms with Crippen LogP contribution in [0.5, 0.6) is 5.75 Å². The van der Waals surface area contributed by atoms with Gasteiger partial charge in [-0.1, -0.05) is 11.6 Å². The first-order chi connectivity index (χ1) is 14.5. The summed E-state index contributed by atoms with van der Waals surface area (Å²) in [5.41, 5.74) is 0.562. The molecule has 1 aromatic rings. The molecule has 0 bridgehead atoms. The van der Waals surface area contributed by atoms with E-state index in [2.05, 4.69) is 5.32 Å². The number of likely N-dealkylation sites (tertiary alicyclic amines) is 2. The van der Waals surface area contributed by atoms with Crippen LogP contribution in [-0.2, 0) is 14.4 Å². The number of anilines is 1. The number of hydrogen-bond donors (Lipinski definition) is 1. The van der Waals surface area contributed by atoms with E-state index >= 15 is 0 Å². The number of carbonyl (C=O) groups excluding carboxylic acids is 3. The third-order valence-electron chi connectivity index (χ3n) is 5.85. The molecular formula is C22H30ClN3O4. The summed E-state index contributed by atoms with van der Waals surface area (Å²) in [6.45, 7) is 2.72. The molecule has 2 aliphatic rings. The van der Waals surface area contributed by atoms with Gasteiger partial charge in [-0.05, 0) is 49.8 Å². The van der Waals surface area contributed by atoms with Gasteiger partial charge in [0.05, 0.1) is 12.8 Å². The number of benzene rings is 1. The molecule has 164 valence electrons. The first-order valence-corrected chi connectivity index (χ1v) is 11.0. The SMILES string of the molecule is COc1ccc(Cl)cc1NC(=O)CCC1CCCN(C(=O)CCN2CCCC2=O)C1. The molecule has 7 nitrogen and oxygen atoms in total. The highest BCUT2D eigenvalue weighted by atomic mass is 35.5. The van der Waals surface area contributed by atoms with Gasteiger partial charge in [-0.15, -0.1) is 0 Å². The summed E-state index contributed by atoms with van der Waals surface area (Å²) in [5.74, 6) is 1.04. The second-order valence-electron chi connectivity index (χ2n) is 8.01. The molecule has 1 atom stereocenters. The van der Waals surface area contributed by atoms with Crippen LogP contribution >= 0.6 is 11.6 Å². The zero-order valence-corrected chi connectivity index (χ0v) is 18.2. The molecule has 8 heteroatoms. The fourth-order valence-electron chi connectivity index (χ4n) is 4.18. The smallest absolute Gasteiger partial charge is 0.224 e. The molecule has 0 saturated carbocycles. The highest BCUT2D eigenvalue weighted by Gasteiger charge is 2.26. The first-order valence-electron chi connectivity index (χ1n) is 10.6. The predicted molar refractivity (Wildman–Crippen MR) is 116 cm³/mol. The van der Waals surface area contributed by atoms with Gasteiger partial charge < -0.3 is 19.9 Å². The van der Waals surface area contributed by atoms with Gasteiger partial charge in [-0.3, -0.25) is 14.4 Å². The van der Waals surface area contributed by atoms with Crippen molar-refractivity contribution in [1.82, 2.24) is 9.80 Å². The Balaban J connectivity index is 1.43. The van der Waals surface area contributed by atoms with Gasteiger partial charge in [-0.25, -0.2) is 0 Å². The molecular weight excluding hydrogens is 406 g/mol. The van der Waals surface area contributed by atoms with E-state index in [0.29, 0.717) is 54.7 Å². The van der Waals surface area contributed by atoms with Gasteiger partial charge in [0.15, 0.2) is 0 Å². The molecule has 0 spiro atoms. The van der Waals surface area contributed by atoms with Crippen molar-refractivity contribution in [2.24, 2.45) is 5.92 Å². The molecule has 1 unspecified atom stereocenters. The summed E-state index contributed by atoms with van der Waals surface area (Å²) >= 11 is 6.01. The van der Waals surface area contributed by atoms with E-state index in [1.807, 2.05) is 4.90 Å². The van der Waals surface area contributed by atoms with Crippen LogP contribution in [0.15, 0.2) is 18.2 Å². The number of ether oxygens (including phenoxy) is 1. The van der Waals surface area contributed by atoms with Crippen LogP contribution in [0.3, 0.4) is 0 Å². The fraction of sp³-hybridized carbons (Fsp3) is 0.591. The number of rotatable bonds is 8. The zero-order chi connectivity index (χ0) is 21.5. The number of nitrogens with zero attached hydrogens (tertiary/aromatic N) is 2. The maximum Gasteiger partial charge on any atom is 0.224 e. The lowest BCUT2D eigenvalue weighted by atomic mass is 9.93. The Morgan fingerprint density at radius 1 is 1.23 bits per heavy atom. The van der Waals surface area contributed by atoms with Crippen LogP contribution in [0.25, 0.3) is 0 Å². The average molecular weight is 436 g/mol. The molecule has 1 N–H and O–H groups in total. The van der Waals surface area contributed by atoms with Crippen LogP contribution in [0, 0.1) is 5.92 Å². The number of piperidine rings is 1. The quantitative estimate of drug-likeness (QED) is 0.679. The van der Waals surface area contributed by atoms with Gasteiger partial charge in [-0.2, -0.15) is 0 Å². The summed E-state index contributed by atoms with van der Waals surface area (Å²) in [4.78, 5) is 40.4. The molecule has 3 amide bonds. The van der Waals surface area contributed by atoms with E-state index in [0.717, 1.165) is 38.8 Å². The summed E-state index contributed by atoms with van der Waals surface area (Å²) in [7, 11) is 1.55. The minimum atomic E-state index is -0.0911. The number of hydrogen-bond acceptors (Lipinski definition) is 4. The molecule has 0 aromatic heterocycles. The third kappa shape index (κ3) is 6.11. The van der Waals surface area contributed by atoms with E-state index in [9.17, 15) is 14.4 Å². The summed E-state index contributed by atoms with van der Waals surface area (Å²) in [6.07, 6.45) is 4.94. The molecule has 2 fully saturated rings. The second kappa shape index (κ2) is 10.7. The van der Waals surface area contributed by atoms with Gasteiger partial charge in [0, 0.05) is 50.5 Å². The Morgan fingerprint density at radius 2 is 2.07 bits per heavy atom. The average Bonchev–Trinajstić information content (AvgIpc) is 3.15. The Hall–Kier alpha value is -2.28. The van der Waals surface area contributed by atoms with Crippen LogP contribution in [0.4, 0.5) is 5.69 Å². The maximum absolute atomic E-state index is 12.6. The van der Waals surface area contributed by atoms with E-state index in [1.165, 1.54) is 0 Å². The van der Waals surface area contributed by atoms with Crippen molar-refractivity contribution in [3.8, 4) is 5.75 Å². The lowest BCUT2D eigenvalue weighted by Gasteiger charge is -2.33. The minimum Gasteiger partial charge on any atom is -0.495 e. The zero-order valence-electron chi connectivity index (χ0n) is 17.5. The number of halogens is 1. The fourth-order valence-corrected chi connectivity index (χ4v) is 4.35. The van der Waals surface area contributed by atoms with Crippen molar-refractivity contribution in [2.45, 2.75) is 44.9 Å².